The second kappa shape index (κ2) is 4.64. The molecule has 0 radical (unpaired) electrons. The van der Waals surface area contributed by atoms with Crippen molar-refractivity contribution in [2.24, 2.45) is 0 Å². The minimum atomic E-state index is 0.220. The van der Waals surface area contributed by atoms with Crippen molar-refractivity contribution in [1.82, 2.24) is 9.97 Å². The Hall–Kier alpha value is -2.10. The number of ether oxygens (including phenoxy) is 1. The number of aryl methyl sites for hydroxylation is 1. The van der Waals surface area contributed by atoms with Crippen LogP contribution < -0.4 is 10.1 Å². The topological polar surface area (TPSA) is 47.0 Å². The minimum absolute atomic E-state index is 0.220. The van der Waals surface area contributed by atoms with Crippen molar-refractivity contribution >= 4 is 5.95 Å². The van der Waals surface area contributed by atoms with Gasteiger partial charge in [0.2, 0.25) is 5.95 Å². The van der Waals surface area contributed by atoms with Crippen molar-refractivity contribution in [3.8, 4) is 5.75 Å². The molecule has 4 heteroatoms. The molecule has 0 bridgehead atoms. The number of aromatic nitrogens is 2. The molecule has 1 aliphatic heterocycles. The molecule has 1 unspecified atom stereocenters. The summed E-state index contributed by atoms with van der Waals surface area (Å²) >= 11 is 0. The normalized spacial score (nSPS) is 17.7. The highest BCUT2D eigenvalue weighted by atomic mass is 16.5. The van der Waals surface area contributed by atoms with Crippen LogP contribution in [0.4, 0.5) is 5.95 Å². The van der Waals surface area contributed by atoms with Gasteiger partial charge in [0.25, 0.3) is 0 Å². The van der Waals surface area contributed by atoms with E-state index in [0.29, 0.717) is 5.95 Å². The number of anilines is 1. The van der Waals surface area contributed by atoms with Crippen molar-refractivity contribution < 1.29 is 4.74 Å². The van der Waals surface area contributed by atoms with Gasteiger partial charge in [-0.2, -0.15) is 0 Å². The largest absolute Gasteiger partial charge is 0.493 e. The summed E-state index contributed by atoms with van der Waals surface area (Å²) < 4.78 is 5.63. The minimum Gasteiger partial charge on any atom is -0.493 e. The van der Waals surface area contributed by atoms with Gasteiger partial charge in [0.1, 0.15) is 5.75 Å². The third-order valence-corrected chi connectivity index (χ3v) is 3.04. The van der Waals surface area contributed by atoms with Gasteiger partial charge < -0.3 is 10.1 Å². The van der Waals surface area contributed by atoms with Crippen LogP contribution in [0.5, 0.6) is 5.75 Å². The molecule has 0 aliphatic carbocycles. The van der Waals surface area contributed by atoms with E-state index in [0.717, 1.165) is 24.3 Å². The molecule has 18 heavy (non-hydrogen) atoms. The van der Waals surface area contributed by atoms with Gasteiger partial charge in [0.15, 0.2) is 0 Å². The van der Waals surface area contributed by atoms with Crippen molar-refractivity contribution in [1.29, 1.82) is 0 Å². The molecule has 0 saturated carbocycles. The third-order valence-electron chi connectivity index (χ3n) is 3.04. The lowest BCUT2D eigenvalue weighted by molar-refractivity contribution is 0.274. The summed E-state index contributed by atoms with van der Waals surface area (Å²) in [5.41, 5.74) is 2.24. The molecular weight excluding hydrogens is 226 g/mol. The number of hydrogen-bond donors (Lipinski definition) is 1. The first-order chi connectivity index (χ1) is 8.83. The van der Waals surface area contributed by atoms with Crippen LogP contribution in [0.15, 0.2) is 36.7 Å². The van der Waals surface area contributed by atoms with Crippen molar-refractivity contribution in [3.05, 3.63) is 47.8 Å². The van der Waals surface area contributed by atoms with Crippen LogP contribution in [0.25, 0.3) is 0 Å². The molecular formula is C14H15N3O. The molecule has 1 N–H and O–H groups in total. The SMILES string of the molecule is Cc1cnc(NC2CCOc3ccccc32)nc1. The van der Waals surface area contributed by atoms with E-state index in [9.17, 15) is 0 Å². The van der Waals surface area contributed by atoms with E-state index >= 15 is 0 Å². The fourth-order valence-electron chi connectivity index (χ4n) is 2.11. The molecule has 0 spiro atoms. The molecule has 2 heterocycles. The number of nitrogens with zero attached hydrogens (tertiary/aromatic N) is 2. The number of hydrogen-bond acceptors (Lipinski definition) is 4. The quantitative estimate of drug-likeness (QED) is 0.878. The number of para-hydroxylation sites is 1. The lowest BCUT2D eigenvalue weighted by Crippen LogP contribution is -2.21. The van der Waals surface area contributed by atoms with Gasteiger partial charge >= 0.3 is 0 Å². The maximum absolute atomic E-state index is 5.63. The highest BCUT2D eigenvalue weighted by Crippen LogP contribution is 2.33. The van der Waals surface area contributed by atoms with Crippen LogP contribution in [0, 0.1) is 6.92 Å². The first-order valence-electron chi connectivity index (χ1n) is 6.10. The first kappa shape index (κ1) is 11.0. The standard InChI is InChI=1S/C14H15N3O/c1-10-8-15-14(16-9-10)17-12-6-7-18-13-5-3-2-4-11(12)13/h2-5,8-9,12H,6-7H2,1H3,(H,15,16,17). The third kappa shape index (κ3) is 2.14. The Kier molecular flexibility index (Phi) is 2.84. The van der Waals surface area contributed by atoms with Crippen LogP contribution in [-0.2, 0) is 0 Å². The lowest BCUT2D eigenvalue weighted by Gasteiger charge is -2.26. The summed E-state index contributed by atoms with van der Waals surface area (Å²) in [6, 6.07) is 8.32. The fraction of sp³-hybridized carbons (Fsp3) is 0.286. The monoisotopic (exact) mass is 241 g/mol. The summed E-state index contributed by atoms with van der Waals surface area (Å²) in [6.07, 6.45) is 4.56. The van der Waals surface area contributed by atoms with E-state index in [2.05, 4.69) is 21.4 Å². The highest BCUT2D eigenvalue weighted by molar-refractivity contribution is 5.42. The van der Waals surface area contributed by atoms with E-state index in [1.807, 2.05) is 37.5 Å². The maximum Gasteiger partial charge on any atom is 0.223 e. The van der Waals surface area contributed by atoms with E-state index < -0.39 is 0 Å². The van der Waals surface area contributed by atoms with Gasteiger partial charge in [-0.15, -0.1) is 0 Å². The highest BCUT2D eigenvalue weighted by Gasteiger charge is 2.21. The van der Waals surface area contributed by atoms with Crippen LogP contribution >= 0.6 is 0 Å². The molecule has 2 aromatic rings. The zero-order chi connectivity index (χ0) is 12.4. The maximum atomic E-state index is 5.63. The first-order valence-corrected chi connectivity index (χ1v) is 6.10. The summed E-state index contributed by atoms with van der Waals surface area (Å²) in [5, 5.41) is 3.36. The number of nitrogens with one attached hydrogen (secondary N) is 1. The van der Waals surface area contributed by atoms with E-state index in [-0.39, 0.29) is 6.04 Å². The number of rotatable bonds is 2. The van der Waals surface area contributed by atoms with Gasteiger partial charge in [0.05, 0.1) is 12.6 Å². The molecule has 0 fully saturated rings. The molecule has 0 saturated heterocycles. The van der Waals surface area contributed by atoms with Crippen molar-refractivity contribution in [2.75, 3.05) is 11.9 Å². The van der Waals surface area contributed by atoms with Gasteiger partial charge in [0, 0.05) is 24.4 Å². The number of fused-ring (bicyclic) bond motifs is 1. The van der Waals surface area contributed by atoms with Gasteiger partial charge in [-0.25, -0.2) is 9.97 Å². The Morgan fingerprint density at radius 3 is 2.83 bits per heavy atom. The van der Waals surface area contributed by atoms with Crippen molar-refractivity contribution in [2.45, 2.75) is 19.4 Å². The molecule has 3 rings (SSSR count). The van der Waals surface area contributed by atoms with E-state index in [1.54, 1.807) is 0 Å². The molecule has 1 aromatic carbocycles. The zero-order valence-corrected chi connectivity index (χ0v) is 10.3. The molecule has 92 valence electrons. The van der Waals surface area contributed by atoms with E-state index in [1.165, 1.54) is 5.56 Å². The smallest absolute Gasteiger partial charge is 0.223 e. The Labute approximate surface area is 106 Å². The van der Waals surface area contributed by atoms with Gasteiger partial charge in [-0.1, -0.05) is 18.2 Å². The van der Waals surface area contributed by atoms with Crippen molar-refractivity contribution in [3.63, 3.8) is 0 Å². The van der Waals surface area contributed by atoms with Gasteiger partial charge in [-0.05, 0) is 18.6 Å². The molecule has 1 aromatic heterocycles. The average Bonchev–Trinajstić information content (AvgIpc) is 2.42. The Bertz CT molecular complexity index is 539. The lowest BCUT2D eigenvalue weighted by atomic mass is 10.0. The Morgan fingerprint density at radius 1 is 1.22 bits per heavy atom. The van der Waals surface area contributed by atoms with Crippen LogP contribution in [0.2, 0.25) is 0 Å². The predicted octanol–water partition coefficient (Wildman–Crippen LogP) is 2.72. The summed E-state index contributed by atoms with van der Waals surface area (Å²) in [4.78, 5) is 8.56. The van der Waals surface area contributed by atoms with E-state index in [4.69, 9.17) is 4.74 Å². The predicted molar refractivity (Wildman–Crippen MR) is 69.7 cm³/mol. The molecule has 1 aliphatic rings. The summed E-state index contributed by atoms with van der Waals surface area (Å²) in [7, 11) is 0. The second-order valence-corrected chi connectivity index (χ2v) is 4.46. The zero-order valence-electron chi connectivity index (χ0n) is 10.3. The summed E-state index contributed by atoms with van der Waals surface area (Å²) in [5.74, 6) is 1.62. The van der Waals surface area contributed by atoms with Crippen LogP contribution in [-0.4, -0.2) is 16.6 Å². The molecule has 1 atom stereocenters. The Morgan fingerprint density at radius 2 is 2.00 bits per heavy atom. The Balaban J connectivity index is 1.84. The van der Waals surface area contributed by atoms with Gasteiger partial charge in [-0.3, -0.25) is 0 Å². The molecule has 4 nitrogen and oxygen atoms in total. The van der Waals surface area contributed by atoms with Crippen LogP contribution in [0.3, 0.4) is 0 Å². The second-order valence-electron chi connectivity index (χ2n) is 4.46. The fourth-order valence-corrected chi connectivity index (χ4v) is 2.11. The summed E-state index contributed by atoms with van der Waals surface area (Å²) in [6.45, 7) is 2.70. The average molecular weight is 241 g/mol. The number of benzene rings is 1. The molecule has 0 amide bonds. The van der Waals surface area contributed by atoms with Crippen LogP contribution in [0.1, 0.15) is 23.6 Å².